The van der Waals surface area contributed by atoms with Gasteiger partial charge in [-0.05, 0) is 18.4 Å². The van der Waals surface area contributed by atoms with Gasteiger partial charge >= 0.3 is 5.97 Å². The number of likely N-dealkylation sites (tertiary alicyclic amines) is 1. The number of ether oxygens (including phenoxy) is 1. The fourth-order valence-electron chi connectivity index (χ4n) is 2.32. The summed E-state index contributed by atoms with van der Waals surface area (Å²) in [5, 5.41) is 0. The van der Waals surface area contributed by atoms with Gasteiger partial charge in [-0.1, -0.05) is 46.3 Å². The summed E-state index contributed by atoms with van der Waals surface area (Å²) in [6.45, 7) is 0.605. The maximum Gasteiger partial charge on any atom is 0.328 e. The topological polar surface area (TPSA) is 46.6 Å². The molecule has 0 bridgehead atoms. The number of esters is 1. The molecule has 102 valence electrons. The monoisotopic (exact) mass is 325 g/mol. The maximum absolute atomic E-state index is 12.4. The smallest absolute Gasteiger partial charge is 0.328 e. The van der Waals surface area contributed by atoms with Crippen molar-refractivity contribution < 1.29 is 14.3 Å². The molecule has 0 N–H and O–H groups in total. The van der Waals surface area contributed by atoms with Gasteiger partial charge in [0.05, 0.1) is 7.11 Å². The Balaban J connectivity index is 2.13. The van der Waals surface area contributed by atoms with Crippen molar-refractivity contribution in [3.05, 3.63) is 35.9 Å². The van der Waals surface area contributed by atoms with E-state index >= 15 is 0 Å². The summed E-state index contributed by atoms with van der Waals surface area (Å²) in [5.41, 5.74) is 0.892. The van der Waals surface area contributed by atoms with E-state index in [4.69, 9.17) is 4.74 Å². The first kappa shape index (κ1) is 14.1. The van der Waals surface area contributed by atoms with Crippen LogP contribution in [-0.4, -0.2) is 36.5 Å². The highest BCUT2D eigenvalue weighted by Crippen LogP contribution is 2.29. The van der Waals surface area contributed by atoms with E-state index in [1.807, 2.05) is 30.3 Å². The normalized spacial score (nSPS) is 20.1. The fraction of sp³-hybridized carbons (Fsp3) is 0.429. The Morgan fingerprint density at radius 3 is 2.68 bits per heavy atom. The average Bonchev–Trinajstić information content (AvgIpc) is 2.95. The second-order valence-electron chi connectivity index (χ2n) is 4.49. The van der Waals surface area contributed by atoms with Crippen LogP contribution in [0.5, 0.6) is 0 Å². The van der Waals surface area contributed by atoms with Crippen molar-refractivity contribution in [2.24, 2.45) is 0 Å². The number of hydrogen-bond acceptors (Lipinski definition) is 3. The largest absolute Gasteiger partial charge is 0.467 e. The molecule has 4 nitrogen and oxygen atoms in total. The minimum atomic E-state index is -0.443. The molecule has 0 aromatic heterocycles. The van der Waals surface area contributed by atoms with Crippen molar-refractivity contribution >= 4 is 27.8 Å². The van der Waals surface area contributed by atoms with Gasteiger partial charge in [-0.3, -0.25) is 4.79 Å². The summed E-state index contributed by atoms with van der Waals surface area (Å²) in [4.78, 5) is 25.3. The molecular weight excluding hydrogens is 310 g/mol. The number of rotatable bonds is 3. The number of methoxy groups -OCH3 is 1. The molecule has 1 amide bonds. The van der Waals surface area contributed by atoms with E-state index in [0.29, 0.717) is 13.0 Å². The van der Waals surface area contributed by atoms with Crippen LogP contribution in [0.15, 0.2) is 30.3 Å². The summed E-state index contributed by atoms with van der Waals surface area (Å²) in [6, 6.07) is 9.01. The van der Waals surface area contributed by atoms with Crippen LogP contribution >= 0.6 is 15.9 Å². The SMILES string of the molecule is COC(=O)[C@@H]1CCCN1C(=O)[C@@H](Br)c1ccccc1. The number of nitrogens with zero attached hydrogens (tertiary/aromatic N) is 1. The van der Waals surface area contributed by atoms with Crippen molar-refractivity contribution in [1.82, 2.24) is 4.90 Å². The van der Waals surface area contributed by atoms with Crippen LogP contribution in [0.1, 0.15) is 23.2 Å². The molecule has 2 rings (SSSR count). The van der Waals surface area contributed by atoms with E-state index in [-0.39, 0.29) is 11.9 Å². The Morgan fingerprint density at radius 2 is 2.05 bits per heavy atom. The Bertz CT molecular complexity index is 463. The first-order valence-corrected chi connectivity index (χ1v) is 7.14. The van der Waals surface area contributed by atoms with Gasteiger partial charge in [0.1, 0.15) is 10.9 Å². The number of halogens is 1. The first-order chi connectivity index (χ1) is 9.15. The standard InChI is InChI=1S/C14H16BrNO3/c1-19-14(18)11-8-5-9-16(11)13(17)12(15)10-6-3-2-4-7-10/h2-4,6-7,11-12H,5,8-9H2,1H3/t11-,12-/m0/s1. The van der Waals surface area contributed by atoms with E-state index in [2.05, 4.69) is 15.9 Å². The zero-order valence-electron chi connectivity index (χ0n) is 10.7. The van der Waals surface area contributed by atoms with Gasteiger partial charge in [0.15, 0.2) is 0 Å². The first-order valence-electron chi connectivity index (χ1n) is 6.22. The summed E-state index contributed by atoms with van der Waals surface area (Å²) < 4.78 is 4.75. The summed E-state index contributed by atoms with van der Waals surface area (Å²) in [7, 11) is 1.35. The third-order valence-corrected chi connectivity index (χ3v) is 4.24. The van der Waals surface area contributed by atoms with Crippen molar-refractivity contribution in [2.75, 3.05) is 13.7 Å². The van der Waals surface area contributed by atoms with Gasteiger partial charge in [0.25, 0.3) is 0 Å². The number of hydrogen-bond donors (Lipinski definition) is 0. The third-order valence-electron chi connectivity index (χ3n) is 3.32. The predicted molar refractivity (Wildman–Crippen MR) is 74.9 cm³/mol. The number of carbonyl (C=O) groups excluding carboxylic acids is 2. The lowest BCUT2D eigenvalue weighted by Gasteiger charge is -2.25. The lowest BCUT2D eigenvalue weighted by molar-refractivity contribution is -0.150. The Morgan fingerprint density at radius 1 is 1.37 bits per heavy atom. The van der Waals surface area contributed by atoms with Gasteiger partial charge in [0.2, 0.25) is 5.91 Å². The van der Waals surface area contributed by atoms with Crippen LogP contribution in [0.2, 0.25) is 0 Å². The van der Waals surface area contributed by atoms with Crippen molar-refractivity contribution in [2.45, 2.75) is 23.7 Å². The fourth-order valence-corrected chi connectivity index (χ4v) is 2.89. The molecule has 1 aromatic rings. The van der Waals surface area contributed by atoms with Crippen LogP contribution in [0, 0.1) is 0 Å². The molecule has 1 aliphatic rings. The number of alkyl halides is 1. The minimum Gasteiger partial charge on any atom is -0.467 e. The third kappa shape index (κ3) is 2.97. The van der Waals surface area contributed by atoms with E-state index in [1.54, 1.807) is 4.90 Å². The van der Waals surface area contributed by atoms with Crippen LogP contribution in [0.25, 0.3) is 0 Å². The van der Waals surface area contributed by atoms with Gasteiger partial charge in [0, 0.05) is 6.54 Å². The zero-order valence-corrected chi connectivity index (χ0v) is 12.3. The summed E-state index contributed by atoms with van der Waals surface area (Å²) in [5.74, 6) is -0.419. The second kappa shape index (κ2) is 6.19. The quantitative estimate of drug-likeness (QED) is 0.632. The average molecular weight is 326 g/mol. The van der Waals surface area contributed by atoms with Gasteiger partial charge in [-0.2, -0.15) is 0 Å². The van der Waals surface area contributed by atoms with E-state index < -0.39 is 10.9 Å². The number of benzene rings is 1. The van der Waals surface area contributed by atoms with Crippen LogP contribution in [0.3, 0.4) is 0 Å². The minimum absolute atomic E-state index is 0.0842. The number of carbonyl (C=O) groups is 2. The van der Waals surface area contributed by atoms with Crippen molar-refractivity contribution in [3.63, 3.8) is 0 Å². The highest BCUT2D eigenvalue weighted by Gasteiger charge is 2.37. The van der Waals surface area contributed by atoms with Gasteiger partial charge in [-0.25, -0.2) is 4.79 Å². The summed E-state index contributed by atoms with van der Waals surface area (Å²) in [6.07, 6.45) is 1.51. The molecule has 0 spiro atoms. The molecule has 1 heterocycles. The van der Waals surface area contributed by atoms with Crippen LogP contribution in [-0.2, 0) is 14.3 Å². The molecule has 0 aliphatic carbocycles. The molecule has 19 heavy (non-hydrogen) atoms. The highest BCUT2D eigenvalue weighted by molar-refractivity contribution is 9.09. The molecular formula is C14H16BrNO3. The Hall–Kier alpha value is -1.36. The molecule has 0 unspecified atom stereocenters. The number of amides is 1. The molecule has 1 saturated heterocycles. The zero-order chi connectivity index (χ0) is 13.8. The van der Waals surface area contributed by atoms with Crippen molar-refractivity contribution in [3.8, 4) is 0 Å². The van der Waals surface area contributed by atoms with Crippen LogP contribution < -0.4 is 0 Å². The molecule has 1 fully saturated rings. The lowest BCUT2D eigenvalue weighted by atomic mass is 10.1. The van der Waals surface area contributed by atoms with Crippen LogP contribution in [0.4, 0.5) is 0 Å². The van der Waals surface area contributed by atoms with E-state index in [0.717, 1.165) is 12.0 Å². The predicted octanol–water partition coefficient (Wildman–Crippen LogP) is 2.29. The molecule has 1 aromatic carbocycles. The lowest BCUT2D eigenvalue weighted by Crippen LogP contribution is -2.42. The molecule has 1 aliphatic heterocycles. The Kier molecular flexibility index (Phi) is 4.58. The summed E-state index contributed by atoms with van der Waals surface area (Å²) >= 11 is 3.42. The molecule has 0 saturated carbocycles. The van der Waals surface area contributed by atoms with Crippen molar-refractivity contribution in [1.29, 1.82) is 0 Å². The second-order valence-corrected chi connectivity index (χ2v) is 5.40. The van der Waals surface area contributed by atoms with Gasteiger partial charge in [-0.15, -0.1) is 0 Å². The van der Waals surface area contributed by atoms with E-state index in [1.165, 1.54) is 7.11 Å². The van der Waals surface area contributed by atoms with Gasteiger partial charge < -0.3 is 9.64 Å². The molecule has 5 heteroatoms. The van der Waals surface area contributed by atoms with E-state index in [9.17, 15) is 9.59 Å². The Labute approximate surface area is 120 Å². The molecule has 0 radical (unpaired) electrons. The highest BCUT2D eigenvalue weighted by atomic mass is 79.9. The molecule has 2 atom stereocenters. The maximum atomic E-state index is 12.4.